The molecule has 1 aromatic rings. The molecule has 5 unspecified atom stereocenters. The van der Waals surface area contributed by atoms with E-state index in [1.165, 1.54) is 24.0 Å². The van der Waals surface area contributed by atoms with Gasteiger partial charge >= 0.3 is 6.09 Å². The van der Waals surface area contributed by atoms with Crippen molar-refractivity contribution in [3.8, 4) is 5.75 Å². The Bertz CT molecular complexity index is 896. The monoisotopic (exact) mass is 548 g/mol. The summed E-state index contributed by atoms with van der Waals surface area (Å²) < 4.78 is 63.3. The van der Waals surface area contributed by atoms with Gasteiger partial charge in [0.2, 0.25) is 0 Å². The maximum Gasteiger partial charge on any atom is 0.411 e. The molecular weight excluding hydrogens is 505 g/mol. The van der Waals surface area contributed by atoms with E-state index in [2.05, 4.69) is 0 Å². The topological polar surface area (TPSA) is 103 Å². The summed E-state index contributed by atoms with van der Waals surface area (Å²) >= 11 is 0. The molecule has 2 rings (SSSR count). The highest BCUT2D eigenvalue weighted by molar-refractivity contribution is 5.69. The van der Waals surface area contributed by atoms with Gasteiger partial charge < -0.3 is 29.8 Å². The smallest absolute Gasteiger partial charge is 0.411 e. The molecule has 3 N–H and O–H groups in total. The number of ether oxygens (including phenoxy) is 4. The highest BCUT2D eigenvalue weighted by atomic mass is 19.1. The molecule has 0 aliphatic carbocycles. The van der Waals surface area contributed by atoms with Crippen molar-refractivity contribution in [2.75, 3.05) is 33.2 Å². The Morgan fingerprint density at radius 1 is 1.24 bits per heavy atom. The second-order valence-electron chi connectivity index (χ2n) is 11.3. The predicted octanol–water partition coefficient (Wildman–Crippen LogP) is 4.16. The molecule has 8 nitrogen and oxygen atoms in total. The molecule has 1 aromatic carbocycles. The van der Waals surface area contributed by atoms with Gasteiger partial charge in [-0.25, -0.2) is 9.18 Å². The lowest BCUT2D eigenvalue weighted by molar-refractivity contribution is -0.236. The highest BCUT2D eigenvalue weighted by Crippen LogP contribution is 2.29. The van der Waals surface area contributed by atoms with Crippen LogP contribution in [0.5, 0.6) is 5.75 Å². The van der Waals surface area contributed by atoms with E-state index in [4.69, 9.17) is 24.7 Å². The standard InChI is InChI=1S/C27H43F3N2O6/c1-7-8-35-20-10-18(9-19(30)12-20)11-21(31)23(33)22-13-36-24(37-16-27(6,14-28)15-29)17(2)32(22)25(34)38-26(3,4)5/h9-10,12,17,21-24,33H,7-8,11,13-16,31H2,1-6H3. The summed E-state index contributed by atoms with van der Waals surface area (Å²) in [5.74, 6) is -0.129. The minimum atomic E-state index is -1.34. The zero-order valence-electron chi connectivity index (χ0n) is 23.2. The average Bonchev–Trinajstić information content (AvgIpc) is 2.84. The lowest BCUT2D eigenvalue weighted by Crippen LogP contribution is -2.65. The number of rotatable bonds is 12. The predicted molar refractivity (Wildman–Crippen MR) is 137 cm³/mol. The van der Waals surface area contributed by atoms with Crippen molar-refractivity contribution in [3.05, 3.63) is 29.6 Å². The van der Waals surface area contributed by atoms with Gasteiger partial charge in [0.15, 0.2) is 6.29 Å². The maximum atomic E-state index is 14.2. The summed E-state index contributed by atoms with van der Waals surface area (Å²) in [6.45, 7) is 8.22. The second-order valence-corrected chi connectivity index (χ2v) is 11.3. The van der Waals surface area contributed by atoms with E-state index in [1.54, 1.807) is 33.8 Å². The molecule has 218 valence electrons. The van der Waals surface area contributed by atoms with E-state index in [-0.39, 0.29) is 19.6 Å². The van der Waals surface area contributed by atoms with Crippen molar-refractivity contribution in [2.24, 2.45) is 11.1 Å². The molecular formula is C27H43F3N2O6. The number of amides is 1. The molecule has 0 aromatic heterocycles. The number of benzene rings is 1. The molecule has 0 saturated carbocycles. The first-order chi connectivity index (χ1) is 17.7. The van der Waals surface area contributed by atoms with Crippen LogP contribution < -0.4 is 10.5 Å². The first-order valence-corrected chi connectivity index (χ1v) is 13.0. The number of carbonyl (C=O) groups excluding carboxylic acids is 1. The Morgan fingerprint density at radius 3 is 2.47 bits per heavy atom. The van der Waals surface area contributed by atoms with Crippen molar-refractivity contribution in [3.63, 3.8) is 0 Å². The third-order valence-electron chi connectivity index (χ3n) is 6.18. The molecule has 11 heteroatoms. The fourth-order valence-electron chi connectivity index (χ4n) is 4.03. The number of hydrogen-bond acceptors (Lipinski definition) is 7. The fourth-order valence-corrected chi connectivity index (χ4v) is 4.03. The normalized spacial score (nSPS) is 22.2. The summed E-state index contributed by atoms with van der Waals surface area (Å²) in [6, 6.07) is 1.64. The molecule has 1 aliphatic rings. The van der Waals surface area contributed by atoms with Crippen LogP contribution in [0.4, 0.5) is 18.0 Å². The van der Waals surface area contributed by atoms with Crippen LogP contribution in [0, 0.1) is 11.2 Å². The zero-order chi connectivity index (χ0) is 28.7. The van der Waals surface area contributed by atoms with Crippen LogP contribution in [-0.4, -0.2) is 85.4 Å². The van der Waals surface area contributed by atoms with E-state index in [1.807, 2.05) is 6.92 Å². The number of morpholine rings is 1. The van der Waals surface area contributed by atoms with Crippen molar-refractivity contribution in [1.29, 1.82) is 0 Å². The van der Waals surface area contributed by atoms with E-state index in [0.717, 1.165) is 6.42 Å². The molecule has 0 bridgehead atoms. The maximum absolute atomic E-state index is 14.2. The van der Waals surface area contributed by atoms with Gasteiger partial charge in [0.25, 0.3) is 0 Å². The summed E-state index contributed by atoms with van der Waals surface area (Å²) in [6.07, 6.45) is -2.16. The number of alkyl halides is 2. The molecule has 1 aliphatic heterocycles. The van der Waals surface area contributed by atoms with Gasteiger partial charge in [-0.15, -0.1) is 0 Å². The van der Waals surface area contributed by atoms with Crippen LogP contribution in [0.1, 0.15) is 53.5 Å². The van der Waals surface area contributed by atoms with Gasteiger partial charge in [-0.2, -0.15) is 0 Å². The number of aliphatic hydroxyl groups excluding tert-OH is 1. The summed E-state index contributed by atoms with van der Waals surface area (Å²) in [4.78, 5) is 14.5. The third-order valence-corrected chi connectivity index (χ3v) is 6.18. The summed E-state index contributed by atoms with van der Waals surface area (Å²) in [5.41, 5.74) is 4.69. The number of nitrogens with zero attached hydrogens (tertiary/aromatic N) is 1. The molecule has 1 heterocycles. The lowest BCUT2D eigenvalue weighted by atomic mass is 9.94. The lowest BCUT2D eigenvalue weighted by Gasteiger charge is -2.47. The quantitative estimate of drug-likeness (QED) is 0.404. The molecule has 1 saturated heterocycles. The Morgan fingerprint density at radius 2 is 1.89 bits per heavy atom. The molecule has 0 spiro atoms. The number of aliphatic hydroxyl groups is 1. The van der Waals surface area contributed by atoms with E-state index < -0.39 is 66.8 Å². The molecule has 1 amide bonds. The zero-order valence-corrected chi connectivity index (χ0v) is 23.2. The first-order valence-electron chi connectivity index (χ1n) is 13.0. The first kappa shape index (κ1) is 32.1. The number of nitrogens with two attached hydrogens (primary N) is 1. The van der Waals surface area contributed by atoms with Crippen LogP contribution in [0.15, 0.2) is 18.2 Å². The number of carbonyl (C=O) groups is 1. The Hall–Kier alpha value is -2.08. The highest BCUT2D eigenvalue weighted by Gasteiger charge is 2.45. The van der Waals surface area contributed by atoms with Gasteiger partial charge in [-0.1, -0.05) is 13.8 Å². The van der Waals surface area contributed by atoms with Crippen molar-refractivity contribution in [2.45, 2.75) is 90.5 Å². The SMILES string of the molecule is CCCOc1cc(F)cc(CC(N)C(O)C2COC(OCC(C)(CF)CF)C(C)N2C(=O)OC(C)(C)C)c1. The largest absolute Gasteiger partial charge is 0.493 e. The van der Waals surface area contributed by atoms with Gasteiger partial charge in [0, 0.05) is 17.5 Å². The van der Waals surface area contributed by atoms with Crippen molar-refractivity contribution < 1.29 is 42.0 Å². The van der Waals surface area contributed by atoms with Gasteiger partial charge in [0.05, 0.1) is 51.4 Å². The van der Waals surface area contributed by atoms with E-state index >= 15 is 0 Å². The van der Waals surface area contributed by atoms with Crippen LogP contribution in [0.2, 0.25) is 0 Å². The van der Waals surface area contributed by atoms with Crippen LogP contribution in [0.25, 0.3) is 0 Å². The van der Waals surface area contributed by atoms with Gasteiger partial charge in [-0.05, 0) is 58.2 Å². The number of hydrogen-bond donors (Lipinski definition) is 2. The molecule has 0 radical (unpaired) electrons. The summed E-state index contributed by atoms with van der Waals surface area (Å²) in [5, 5.41) is 11.2. The van der Waals surface area contributed by atoms with Gasteiger partial charge in [0.1, 0.15) is 17.2 Å². The second kappa shape index (κ2) is 13.8. The molecule has 38 heavy (non-hydrogen) atoms. The Kier molecular flexibility index (Phi) is 11.7. The van der Waals surface area contributed by atoms with E-state index in [0.29, 0.717) is 17.9 Å². The number of halogens is 3. The summed E-state index contributed by atoms with van der Waals surface area (Å²) in [7, 11) is 0. The Labute approximate surface area is 223 Å². The molecule has 5 atom stereocenters. The van der Waals surface area contributed by atoms with Crippen molar-refractivity contribution in [1.82, 2.24) is 4.90 Å². The van der Waals surface area contributed by atoms with Crippen LogP contribution in [-0.2, 0) is 20.6 Å². The van der Waals surface area contributed by atoms with Crippen LogP contribution >= 0.6 is 0 Å². The fraction of sp³-hybridized carbons (Fsp3) is 0.741. The van der Waals surface area contributed by atoms with Crippen LogP contribution in [0.3, 0.4) is 0 Å². The Balaban J connectivity index is 2.23. The van der Waals surface area contributed by atoms with Gasteiger partial charge in [-0.3, -0.25) is 13.7 Å². The minimum absolute atomic E-state index is 0.0970. The third kappa shape index (κ3) is 9.00. The average molecular weight is 549 g/mol. The minimum Gasteiger partial charge on any atom is -0.493 e. The van der Waals surface area contributed by atoms with Crippen molar-refractivity contribution >= 4 is 6.09 Å². The molecule has 1 fully saturated rings. The van der Waals surface area contributed by atoms with E-state index in [9.17, 15) is 23.1 Å².